The molecule has 2 rings (SSSR count). The number of rotatable bonds is 6. The third kappa shape index (κ3) is 5.21. The van der Waals surface area contributed by atoms with E-state index in [1.54, 1.807) is 0 Å². The molecule has 1 N–H and O–H groups in total. The number of benzene rings is 1. The van der Waals surface area contributed by atoms with Crippen molar-refractivity contribution in [2.75, 3.05) is 32.8 Å². The molecule has 1 heterocycles. The monoisotopic (exact) mass is 262 g/mol. The number of para-hydroxylation sites is 1. The van der Waals surface area contributed by atoms with Gasteiger partial charge in [-0.3, -0.25) is 0 Å². The van der Waals surface area contributed by atoms with Crippen molar-refractivity contribution in [1.82, 2.24) is 10.2 Å². The summed E-state index contributed by atoms with van der Waals surface area (Å²) >= 11 is 0. The SMILES string of the molecule is CCC1CCN(CCCOc2ccccc2)CCN1. The Morgan fingerprint density at radius 3 is 2.89 bits per heavy atom. The molecule has 0 amide bonds. The zero-order valence-corrected chi connectivity index (χ0v) is 12.0. The maximum atomic E-state index is 5.73. The minimum absolute atomic E-state index is 0.713. The number of hydrogen-bond acceptors (Lipinski definition) is 3. The van der Waals surface area contributed by atoms with Gasteiger partial charge < -0.3 is 15.0 Å². The third-order valence-electron chi connectivity index (χ3n) is 3.78. The molecule has 1 aliphatic heterocycles. The van der Waals surface area contributed by atoms with Gasteiger partial charge in [0, 0.05) is 25.7 Å². The minimum Gasteiger partial charge on any atom is -0.494 e. The number of nitrogens with zero attached hydrogens (tertiary/aromatic N) is 1. The predicted octanol–water partition coefficient (Wildman–Crippen LogP) is 2.53. The molecule has 3 nitrogen and oxygen atoms in total. The van der Waals surface area contributed by atoms with Crippen LogP contribution < -0.4 is 10.1 Å². The summed E-state index contributed by atoms with van der Waals surface area (Å²) in [6, 6.07) is 10.8. The Bertz CT molecular complexity index is 342. The summed E-state index contributed by atoms with van der Waals surface area (Å²) in [5.41, 5.74) is 0. The summed E-state index contributed by atoms with van der Waals surface area (Å²) in [5.74, 6) is 0.978. The van der Waals surface area contributed by atoms with Crippen LogP contribution in [0.1, 0.15) is 26.2 Å². The van der Waals surface area contributed by atoms with E-state index in [1.807, 2.05) is 30.3 Å². The van der Waals surface area contributed by atoms with Crippen LogP contribution in [0.25, 0.3) is 0 Å². The van der Waals surface area contributed by atoms with E-state index in [9.17, 15) is 0 Å². The highest BCUT2D eigenvalue weighted by molar-refractivity contribution is 5.20. The highest BCUT2D eigenvalue weighted by atomic mass is 16.5. The Labute approximate surface area is 116 Å². The van der Waals surface area contributed by atoms with Crippen LogP contribution in [0.2, 0.25) is 0 Å². The van der Waals surface area contributed by atoms with Crippen LogP contribution in [0.3, 0.4) is 0 Å². The van der Waals surface area contributed by atoms with Crippen molar-refractivity contribution in [2.45, 2.75) is 32.2 Å². The first-order valence-corrected chi connectivity index (χ1v) is 7.52. The van der Waals surface area contributed by atoms with Crippen LogP contribution in [0.4, 0.5) is 0 Å². The van der Waals surface area contributed by atoms with E-state index in [0.717, 1.165) is 31.9 Å². The van der Waals surface area contributed by atoms with E-state index < -0.39 is 0 Å². The molecule has 0 radical (unpaired) electrons. The standard InChI is InChI=1S/C16H26N2O/c1-2-15-9-12-18(13-10-17-15)11-6-14-19-16-7-4-3-5-8-16/h3-5,7-8,15,17H,2,6,9-14H2,1H3. The van der Waals surface area contributed by atoms with Crippen LogP contribution in [0, 0.1) is 0 Å². The molecule has 106 valence electrons. The van der Waals surface area contributed by atoms with Gasteiger partial charge in [0.2, 0.25) is 0 Å². The minimum atomic E-state index is 0.713. The van der Waals surface area contributed by atoms with Gasteiger partial charge in [-0.2, -0.15) is 0 Å². The van der Waals surface area contributed by atoms with Crippen LogP contribution in [-0.4, -0.2) is 43.7 Å². The van der Waals surface area contributed by atoms with E-state index >= 15 is 0 Å². The second-order valence-corrected chi connectivity index (χ2v) is 5.20. The van der Waals surface area contributed by atoms with Gasteiger partial charge >= 0.3 is 0 Å². The topological polar surface area (TPSA) is 24.5 Å². The molecule has 1 aliphatic rings. The fraction of sp³-hybridized carbons (Fsp3) is 0.625. The smallest absolute Gasteiger partial charge is 0.119 e. The van der Waals surface area contributed by atoms with Crippen molar-refractivity contribution in [2.24, 2.45) is 0 Å². The zero-order valence-electron chi connectivity index (χ0n) is 12.0. The highest BCUT2D eigenvalue weighted by Gasteiger charge is 2.14. The molecule has 0 aliphatic carbocycles. The van der Waals surface area contributed by atoms with E-state index in [4.69, 9.17) is 4.74 Å². The lowest BCUT2D eigenvalue weighted by atomic mass is 10.1. The summed E-state index contributed by atoms with van der Waals surface area (Å²) in [6.07, 6.45) is 3.62. The van der Waals surface area contributed by atoms with Gasteiger partial charge in [0.15, 0.2) is 0 Å². The lowest BCUT2D eigenvalue weighted by molar-refractivity contribution is 0.242. The van der Waals surface area contributed by atoms with Gasteiger partial charge in [-0.05, 0) is 37.9 Å². The van der Waals surface area contributed by atoms with Gasteiger partial charge in [-0.1, -0.05) is 25.1 Å². The van der Waals surface area contributed by atoms with Crippen molar-refractivity contribution in [3.63, 3.8) is 0 Å². The van der Waals surface area contributed by atoms with Gasteiger partial charge in [0.1, 0.15) is 5.75 Å². The summed E-state index contributed by atoms with van der Waals surface area (Å²) in [6.45, 7) is 7.73. The zero-order chi connectivity index (χ0) is 13.3. The fourth-order valence-electron chi connectivity index (χ4n) is 2.55. The summed E-state index contributed by atoms with van der Waals surface area (Å²) in [5, 5.41) is 3.60. The average Bonchev–Trinajstić information content (AvgIpc) is 2.70. The lowest BCUT2D eigenvalue weighted by Gasteiger charge is -2.19. The molecule has 0 saturated carbocycles. The van der Waals surface area contributed by atoms with Gasteiger partial charge in [-0.15, -0.1) is 0 Å². The van der Waals surface area contributed by atoms with Gasteiger partial charge in [0.05, 0.1) is 6.61 Å². The number of hydrogen-bond donors (Lipinski definition) is 1. The van der Waals surface area contributed by atoms with Crippen molar-refractivity contribution >= 4 is 0 Å². The molecular formula is C16H26N2O. The second kappa shape index (κ2) is 8.18. The molecule has 3 heteroatoms. The molecule has 1 fully saturated rings. The van der Waals surface area contributed by atoms with E-state index in [2.05, 4.69) is 17.1 Å². The first-order chi connectivity index (χ1) is 9.38. The quantitative estimate of drug-likeness (QED) is 0.797. The van der Waals surface area contributed by atoms with Crippen LogP contribution >= 0.6 is 0 Å². The molecule has 0 bridgehead atoms. The van der Waals surface area contributed by atoms with Crippen molar-refractivity contribution in [3.05, 3.63) is 30.3 Å². The number of nitrogens with one attached hydrogen (secondary N) is 1. The lowest BCUT2D eigenvalue weighted by Crippen LogP contribution is -2.30. The van der Waals surface area contributed by atoms with Crippen molar-refractivity contribution in [3.8, 4) is 5.75 Å². The average molecular weight is 262 g/mol. The number of ether oxygens (including phenoxy) is 1. The first kappa shape index (κ1) is 14.4. The molecule has 1 atom stereocenters. The largest absolute Gasteiger partial charge is 0.494 e. The molecule has 1 unspecified atom stereocenters. The third-order valence-corrected chi connectivity index (χ3v) is 3.78. The molecule has 0 aromatic heterocycles. The Balaban J connectivity index is 1.60. The Morgan fingerprint density at radius 2 is 2.11 bits per heavy atom. The van der Waals surface area contributed by atoms with Crippen molar-refractivity contribution < 1.29 is 4.74 Å². The Hall–Kier alpha value is -1.06. The van der Waals surface area contributed by atoms with E-state index in [-0.39, 0.29) is 0 Å². The van der Waals surface area contributed by atoms with Crippen LogP contribution in [0.5, 0.6) is 5.75 Å². The maximum Gasteiger partial charge on any atom is 0.119 e. The van der Waals surface area contributed by atoms with E-state index in [0.29, 0.717) is 6.04 Å². The van der Waals surface area contributed by atoms with Crippen LogP contribution in [0.15, 0.2) is 30.3 Å². The van der Waals surface area contributed by atoms with Gasteiger partial charge in [-0.25, -0.2) is 0 Å². The summed E-state index contributed by atoms with van der Waals surface area (Å²) < 4.78 is 5.73. The second-order valence-electron chi connectivity index (χ2n) is 5.20. The molecule has 0 spiro atoms. The van der Waals surface area contributed by atoms with Crippen LogP contribution in [-0.2, 0) is 0 Å². The molecular weight excluding hydrogens is 236 g/mol. The molecule has 19 heavy (non-hydrogen) atoms. The highest BCUT2D eigenvalue weighted by Crippen LogP contribution is 2.09. The Kier molecular flexibility index (Phi) is 6.18. The maximum absolute atomic E-state index is 5.73. The normalized spacial score (nSPS) is 21.0. The first-order valence-electron chi connectivity index (χ1n) is 7.52. The van der Waals surface area contributed by atoms with Crippen molar-refractivity contribution in [1.29, 1.82) is 0 Å². The summed E-state index contributed by atoms with van der Waals surface area (Å²) in [7, 11) is 0. The van der Waals surface area contributed by atoms with E-state index in [1.165, 1.54) is 25.9 Å². The molecule has 1 aromatic carbocycles. The fourth-order valence-corrected chi connectivity index (χ4v) is 2.55. The molecule has 1 saturated heterocycles. The summed E-state index contributed by atoms with van der Waals surface area (Å²) in [4.78, 5) is 2.55. The molecule has 1 aromatic rings. The van der Waals surface area contributed by atoms with Gasteiger partial charge in [0.25, 0.3) is 0 Å². The predicted molar refractivity (Wildman–Crippen MR) is 79.7 cm³/mol. The Morgan fingerprint density at radius 1 is 1.26 bits per heavy atom.